The Bertz CT molecular complexity index is 241. The minimum absolute atomic E-state index is 0.891. The van der Waals surface area contributed by atoms with Crippen molar-refractivity contribution >= 4 is 11.4 Å². The second-order valence-corrected chi connectivity index (χ2v) is 5.70. The van der Waals surface area contributed by atoms with Crippen molar-refractivity contribution in [1.82, 2.24) is 0 Å². The number of hydrogen-bond acceptors (Lipinski definition) is 2. The second kappa shape index (κ2) is 5.60. The number of nitrogens with zero attached hydrogens (tertiary/aromatic N) is 2. The predicted octanol–water partition coefficient (Wildman–Crippen LogP) is 4.20. The van der Waals surface area contributed by atoms with E-state index >= 15 is 0 Å². The van der Waals surface area contributed by atoms with E-state index in [4.69, 9.17) is 0 Å². The Morgan fingerprint density at radius 2 is 1.00 bits per heavy atom. The van der Waals surface area contributed by atoms with Crippen molar-refractivity contribution in [2.45, 2.75) is 65.2 Å². The van der Waals surface area contributed by atoms with E-state index in [1.807, 2.05) is 0 Å². The van der Waals surface area contributed by atoms with E-state index in [1.54, 1.807) is 0 Å². The SMILES string of the molecule is CC1CCC(=NN=C2CCC(C)CC2)CC1. The summed E-state index contributed by atoms with van der Waals surface area (Å²) in [6, 6.07) is 0. The van der Waals surface area contributed by atoms with Crippen molar-refractivity contribution in [3.8, 4) is 0 Å². The molecule has 0 aromatic rings. The van der Waals surface area contributed by atoms with Crippen LogP contribution in [-0.4, -0.2) is 11.4 Å². The van der Waals surface area contributed by atoms with Gasteiger partial charge < -0.3 is 0 Å². The quantitative estimate of drug-likeness (QED) is 0.592. The molecule has 2 nitrogen and oxygen atoms in total. The van der Waals surface area contributed by atoms with E-state index in [0.29, 0.717) is 0 Å². The Morgan fingerprint density at radius 1 is 0.688 bits per heavy atom. The molecule has 0 atom stereocenters. The lowest BCUT2D eigenvalue weighted by Gasteiger charge is -2.19. The van der Waals surface area contributed by atoms with Crippen molar-refractivity contribution in [2.24, 2.45) is 22.0 Å². The fourth-order valence-corrected chi connectivity index (χ4v) is 2.53. The van der Waals surface area contributed by atoms with Crippen molar-refractivity contribution in [1.29, 1.82) is 0 Å². The van der Waals surface area contributed by atoms with Gasteiger partial charge in [0.05, 0.1) is 0 Å². The van der Waals surface area contributed by atoms with Crippen LogP contribution in [0.5, 0.6) is 0 Å². The lowest BCUT2D eigenvalue weighted by Crippen LogP contribution is -2.13. The predicted molar refractivity (Wildman–Crippen MR) is 70.1 cm³/mol. The molecule has 0 bridgehead atoms. The maximum atomic E-state index is 4.47. The summed E-state index contributed by atoms with van der Waals surface area (Å²) in [5.41, 5.74) is 2.67. The summed E-state index contributed by atoms with van der Waals surface area (Å²) in [7, 11) is 0. The van der Waals surface area contributed by atoms with Gasteiger partial charge in [-0.15, -0.1) is 0 Å². The summed E-state index contributed by atoms with van der Waals surface area (Å²) in [6.07, 6.45) is 9.92. The third kappa shape index (κ3) is 3.43. The molecule has 0 heterocycles. The Kier molecular flexibility index (Phi) is 4.14. The fraction of sp³-hybridized carbons (Fsp3) is 0.857. The number of hydrogen-bond donors (Lipinski definition) is 0. The molecule has 0 unspecified atom stereocenters. The third-order valence-electron chi connectivity index (χ3n) is 4.04. The molecular weight excluding hydrogens is 196 g/mol. The normalized spacial score (nSPS) is 31.4. The van der Waals surface area contributed by atoms with Crippen LogP contribution in [0.1, 0.15) is 65.2 Å². The summed E-state index contributed by atoms with van der Waals surface area (Å²) < 4.78 is 0. The first-order chi connectivity index (χ1) is 7.74. The van der Waals surface area contributed by atoms with E-state index in [-0.39, 0.29) is 0 Å². The fourth-order valence-electron chi connectivity index (χ4n) is 2.53. The third-order valence-corrected chi connectivity index (χ3v) is 4.04. The summed E-state index contributed by atoms with van der Waals surface area (Å²) in [5.74, 6) is 1.78. The van der Waals surface area contributed by atoms with E-state index in [0.717, 1.165) is 11.8 Å². The molecule has 0 radical (unpaired) electrons. The molecule has 16 heavy (non-hydrogen) atoms. The van der Waals surface area contributed by atoms with E-state index in [1.165, 1.54) is 62.8 Å². The molecule has 2 saturated carbocycles. The Hall–Kier alpha value is -0.660. The van der Waals surface area contributed by atoms with Crippen LogP contribution >= 0.6 is 0 Å². The van der Waals surface area contributed by atoms with Gasteiger partial charge in [-0.2, -0.15) is 10.2 Å². The molecule has 2 fully saturated rings. The largest absolute Gasteiger partial charge is 0.160 e. The monoisotopic (exact) mass is 220 g/mol. The Labute approximate surface area is 99.2 Å². The molecule has 0 amide bonds. The zero-order chi connectivity index (χ0) is 11.4. The number of rotatable bonds is 1. The first kappa shape index (κ1) is 11.8. The average Bonchev–Trinajstić information content (AvgIpc) is 2.30. The van der Waals surface area contributed by atoms with Gasteiger partial charge in [0.15, 0.2) is 0 Å². The molecule has 0 spiro atoms. The highest BCUT2D eigenvalue weighted by Crippen LogP contribution is 2.23. The lowest BCUT2D eigenvalue weighted by atomic mass is 9.89. The van der Waals surface area contributed by atoms with E-state index < -0.39 is 0 Å². The van der Waals surface area contributed by atoms with E-state index in [2.05, 4.69) is 24.1 Å². The van der Waals surface area contributed by atoms with Crippen molar-refractivity contribution < 1.29 is 0 Å². The topological polar surface area (TPSA) is 24.7 Å². The smallest absolute Gasteiger partial charge is 0.0406 e. The first-order valence-corrected chi connectivity index (χ1v) is 6.85. The van der Waals surface area contributed by atoms with Gasteiger partial charge >= 0.3 is 0 Å². The van der Waals surface area contributed by atoms with Crippen LogP contribution in [0.3, 0.4) is 0 Å². The highest BCUT2D eigenvalue weighted by Gasteiger charge is 2.15. The Morgan fingerprint density at radius 3 is 1.31 bits per heavy atom. The molecule has 90 valence electrons. The molecular formula is C14H24N2. The lowest BCUT2D eigenvalue weighted by molar-refractivity contribution is 0.479. The van der Waals surface area contributed by atoms with Gasteiger partial charge in [0, 0.05) is 11.4 Å². The standard InChI is InChI=1S/C14H24N2/c1-11-3-7-13(8-4-11)15-16-14-9-5-12(2)6-10-14/h11-12H,3-10H2,1-2H3. The van der Waals surface area contributed by atoms with Crippen LogP contribution in [0.2, 0.25) is 0 Å². The maximum absolute atomic E-state index is 4.47. The highest BCUT2D eigenvalue weighted by atomic mass is 15.2. The zero-order valence-electron chi connectivity index (χ0n) is 10.7. The van der Waals surface area contributed by atoms with Gasteiger partial charge in [0.25, 0.3) is 0 Å². The molecule has 0 N–H and O–H groups in total. The van der Waals surface area contributed by atoms with Crippen LogP contribution in [-0.2, 0) is 0 Å². The molecule has 0 aromatic heterocycles. The summed E-state index contributed by atoms with van der Waals surface area (Å²) in [4.78, 5) is 0. The van der Waals surface area contributed by atoms with Crippen LogP contribution in [0.15, 0.2) is 10.2 Å². The van der Waals surface area contributed by atoms with Gasteiger partial charge in [-0.1, -0.05) is 13.8 Å². The average molecular weight is 220 g/mol. The summed E-state index contributed by atoms with van der Waals surface area (Å²) in [5, 5.41) is 8.94. The van der Waals surface area contributed by atoms with Gasteiger partial charge in [-0.25, -0.2) is 0 Å². The molecule has 2 heteroatoms. The van der Waals surface area contributed by atoms with Crippen molar-refractivity contribution in [3.63, 3.8) is 0 Å². The summed E-state index contributed by atoms with van der Waals surface area (Å²) >= 11 is 0. The van der Waals surface area contributed by atoms with Crippen LogP contribution in [0.4, 0.5) is 0 Å². The van der Waals surface area contributed by atoms with Crippen LogP contribution in [0.25, 0.3) is 0 Å². The molecule has 0 aliphatic heterocycles. The molecule has 2 aliphatic rings. The van der Waals surface area contributed by atoms with Crippen molar-refractivity contribution in [2.75, 3.05) is 0 Å². The first-order valence-electron chi connectivity index (χ1n) is 6.85. The minimum atomic E-state index is 0.891. The minimum Gasteiger partial charge on any atom is -0.160 e. The van der Waals surface area contributed by atoms with Gasteiger partial charge in [-0.3, -0.25) is 0 Å². The molecule has 0 saturated heterocycles. The molecule has 2 rings (SSSR count). The summed E-state index contributed by atoms with van der Waals surface area (Å²) in [6.45, 7) is 4.68. The van der Waals surface area contributed by atoms with E-state index in [9.17, 15) is 0 Å². The zero-order valence-corrected chi connectivity index (χ0v) is 10.7. The second-order valence-electron chi connectivity index (χ2n) is 5.70. The van der Waals surface area contributed by atoms with Gasteiger partial charge in [-0.05, 0) is 63.2 Å². The van der Waals surface area contributed by atoms with Crippen LogP contribution in [0, 0.1) is 11.8 Å². The van der Waals surface area contributed by atoms with Gasteiger partial charge in [0.2, 0.25) is 0 Å². The highest BCUT2D eigenvalue weighted by molar-refractivity contribution is 5.88. The van der Waals surface area contributed by atoms with Crippen LogP contribution < -0.4 is 0 Å². The maximum Gasteiger partial charge on any atom is 0.0406 e. The van der Waals surface area contributed by atoms with Crippen molar-refractivity contribution in [3.05, 3.63) is 0 Å². The molecule has 2 aliphatic carbocycles. The Balaban J connectivity index is 1.85. The molecule has 0 aromatic carbocycles. The van der Waals surface area contributed by atoms with Gasteiger partial charge in [0.1, 0.15) is 0 Å².